The van der Waals surface area contributed by atoms with E-state index >= 15 is 0 Å². The summed E-state index contributed by atoms with van der Waals surface area (Å²) < 4.78 is 0. The van der Waals surface area contributed by atoms with E-state index in [0.29, 0.717) is 0 Å². The predicted molar refractivity (Wildman–Crippen MR) is 72.5 cm³/mol. The summed E-state index contributed by atoms with van der Waals surface area (Å²) in [4.78, 5) is 10.2. The normalized spacial score (nSPS) is 10.6. The number of thiazole rings is 1. The third kappa shape index (κ3) is 2.43. The summed E-state index contributed by atoms with van der Waals surface area (Å²) in [6.45, 7) is 0. The highest BCUT2D eigenvalue weighted by atomic mass is 32.1. The Morgan fingerprint density at radius 1 is 1.06 bits per heavy atom. The van der Waals surface area contributed by atoms with Crippen molar-refractivity contribution in [2.75, 3.05) is 0 Å². The molecule has 0 saturated carbocycles. The maximum atomic E-state index is 4.64. The van der Waals surface area contributed by atoms with E-state index in [0.717, 1.165) is 22.8 Å². The molecule has 17 heavy (non-hydrogen) atoms. The number of rotatable bonds is 3. The van der Waals surface area contributed by atoms with Crippen LogP contribution in [0.1, 0.15) is 10.7 Å². The maximum absolute atomic E-state index is 4.64. The van der Waals surface area contributed by atoms with E-state index in [9.17, 15) is 0 Å². The molecule has 0 aliphatic rings. The van der Waals surface area contributed by atoms with Gasteiger partial charge in [-0.2, -0.15) is 0 Å². The molecule has 0 aliphatic heterocycles. The molecule has 0 aromatic carbocycles. The molecule has 2 nitrogen and oxygen atoms in total. The third-order valence-corrected chi connectivity index (χ3v) is 4.13. The van der Waals surface area contributed by atoms with E-state index in [1.54, 1.807) is 22.7 Å². The average molecular weight is 258 g/mol. The van der Waals surface area contributed by atoms with Crippen LogP contribution in [-0.2, 0) is 6.42 Å². The summed E-state index contributed by atoms with van der Waals surface area (Å²) in [6.07, 6.45) is 2.64. The lowest BCUT2D eigenvalue weighted by molar-refractivity contribution is 1.05. The Labute approximate surface area is 108 Å². The van der Waals surface area contributed by atoms with Gasteiger partial charge in [0.1, 0.15) is 0 Å². The Bertz CT molecular complexity index is 585. The van der Waals surface area contributed by atoms with Crippen molar-refractivity contribution in [3.63, 3.8) is 0 Å². The molecule has 0 aliphatic carbocycles. The lowest BCUT2D eigenvalue weighted by atomic mass is 10.3. The number of thiophene rings is 1. The summed E-state index contributed by atoms with van der Waals surface area (Å²) in [5.41, 5.74) is 2.15. The van der Waals surface area contributed by atoms with Crippen LogP contribution in [-0.4, -0.2) is 9.97 Å². The summed E-state index contributed by atoms with van der Waals surface area (Å²) in [5.74, 6) is 0. The van der Waals surface area contributed by atoms with Gasteiger partial charge in [0.25, 0.3) is 0 Å². The van der Waals surface area contributed by atoms with Crippen molar-refractivity contribution in [1.29, 1.82) is 0 Å². The monoisotopic (exact) mass is 258 g/mol. The van der Waals surface area contributed by atoms with Gasteiger partial charge in [-0.25, -0.2) is 4.98 Å². The molecule has 0 spiro atoms. The van der Waals surface area contributed by atoms with Gasteiger partial charge in [-0.3, -0.25) is 4.98 Å². The first-order valence-corrected chi connectivity index (χ1v) is 7.06. The topological polar surface area (TPSA) is 25.8 Å². The number of hydrogen-bond donors (Lipinski definition) is 0. The van der Waals surface area contributed by atoms with Crippen molar-refractivity contribution in [2.45, 2.75) is 6.42 Å². The van der Waals surface area contributed by atoms with E-state index in [2.05, 4.69) is 32.9 Å². The lowest BCUT2D eigenvalue weighted by Crippen LogP contribution is -1.90. The quantitative estimate of drug-likeness (QED) is 0.713. The molecule has 0 bridgehead atoms. The molecular weight excluding hydrogens is 248 g/mol. The van der Waals surface area contributed by atoms with Crippen LogP contribution in [0.2, 0.25) is 0 Å². The summed E-state index contributed by atoms with van der Waals surface area (Å²) in [5, 5.41) is 5.31. The van der Waals surface area contributed by atoms with Crippen molar-refractivity contribution < 1.29 is 0 Å². The van der Waals surface area contributed by atoms with Crippen LogP contribution in [0.5, 0.6) is 0 Å². The zero-order chi connectivity index (χ0) is 11.5. The fraction of sp³-hybridized carbons (Fsp3) is 0.0769. The Balaban J connectivity index is 1.82. The molecule has 0 fully saturated rings. The highest BCUT2D eigenvalue weighted by molar-refractivity contribution is 7.14. The molecule has 0 unspecified atom stereocenters. The fourth-order valence-corrected chi connectivity index (χ4v) is 3.16. The third-order valence-electron chi connectivity index (χ3n) is 2.38. The average Bonchev–Trinajstić information content (AvgIpc) is 3.00. The van der Waals surface area contributed by atoms with Crippen LogP contribution >= 0.6 is 22.7 Å². The molecule has 3 heterocycles. The molecule has 3 aromatic heterocycles. The molecule has 0 saturated heterocycles. The van der Waals surface area contributed by atoms with Crippen LogP contribution in [0.3, 0.4) is 0 Å². The van der Waals surface area contributed by atoms with E-state index in [4.69, 9.17) is 0 Å². The zero-order valence-corrected chi connectivity index (χ0v) is 10.7. The highest BCUT2D eigenvalue weighted by Gasteiger charge is 2.06. The van der Waals surface area contributed by atoms with Gasteiger partial charge in [0.2, 0.25) is 0 Å². The molecule has 0 atom stereocenters. The second kappa shape index (κ2) is 4.77. The first-order chi connectivity index (χ1) is 8.42. The number of pyridine rings is 1. The zero-order valence-electron chi connectivity index (χ0n) is 9.04. The molecule has 0 amide bonds. The van der Waals surface area contributed by atoms with Gasteiger partial charge in [0, 0.05) is 23.7 Å². The Hall–Kier alpha value is -1.52. The Kier molecular flexibility index (Phi) is 2.98. The van der Waals surface area contributed by atoms with Crippen molar-refractivity contribution in [2.24, 2.45) is 0 Å². The van der Waals surface area contributed by atoms with Crippen LogP contribution in [0.25, 0.3) is 10.6 Å². The van der Waals surface area contributed by atoms with Gasteiger partial charge in [0.15, 0.2) is 0 Å². The maximum Gasteiger partial charge on any atom is 0.0992 e. The van der Waals surface area contributed by atoms with Crippen molar-refractivity contribution in [1.82, 2.24) is 9.97 Å². The van der Waals surface area contributed by atoms with Crippen LogP contribution < -0.4 is 0 Å². The van der Waals surface area contributed by atoms with Gasteiger partial charge >= 0.3 is 0 Å². The minimum atomic E-state index is 0.816. The van der Waals surface area contributed by atoms with E-state index in [1.807, 2.05) is 24.4 Å². The van der Waals surface area contributed by atoms with Gasteiger partial charge in [-0.1, -0.05) is 12.1 Å². The summed E-state index contributed by atoms with van der Waals surface area (Å²) >= 11 is 3.42. The van der Waals surface area contributed by atoms with Gasteiger partial charge in [-0.15, -0.1) is 22.7 Å². The summed E-state index contributed by atoms with van der Waals surface area (Å²) in [7, 11) is 0. The Morgan fingerprint density at radius 3 is 2.82 bits per heavy atom. The van der Waals surface area contributed by atoms with Crippen LogP contribution in [0.4, 0.5) is 0 Å². The van der Waals surface area contributed by atoms with Crippen molar-refractivity contribution in [3.8, 4) is 10.6 Å². The van der Waals surface area contributed by atoms with E-state index in [-0.39, 0.29) is 0 Å². The molecular formula is C13H10N2S2. The molecule has 0 N–H and O–H groups in total. The molecule has 3 aromatic rings. The Morgan fingerprint density at radius 2 is 2.06 bits per heavy atom. The SMILES string of the molecule is c1ccc(Cc2nc(-c3cccs3)cs2)nc1. The van der Waals surface area contributed by atoms with E-state index in [1.165, 1.54) is 4.88 Å². The summed E-state index contributed by atoms with van der Waals surface area (Å²) in [6, 6.07) is 10.1. The highest BCUT2D eigenvalue weighted by Crippen LogP contribution is 2.26. The van der Waals surface area contributed by atoms with Crippen molar-refractivity contribution in [3.05, 3.63) is 58.0 Å². The van der Waals surface area contributed by atoms with Gasteiger partial charge < -0.3 is 0 Å². The minimum Gasteiger partial charge on any atom is -0.261 e. The number of nitrogens with zero attached hydrogens (tertiary/aromatic N) is 2. The second-order valence-corrected chi connectivity index (χ2v) is 5.49. The van der Waals surface area contributed by atoms with Crippen molar-refractivity contribution >= 4 is 22.7 Å². The first kappa shape index (κ1) is 10.6. The molecule has 3 rings (SSSR count). The fourth-order valence-electron chi connectivity index (χ4n) is 1.59. The largest absolute Gasteiger partial charge is 0.261 e. The predicted octanol–water partition coefficient (Wildman–Crippen LogP) is 3.86. The van der Waals surface area contributed by atoms with E-state index < -0.39 is 0 Å². The second-order valence-electron chi connectivity index (χ2n) is 3.60. The molecule has 4 heteroatoms. The lowest BCUT2D eigenvalue weighted by Gasteiger charge is -1.95. The first-order valence-electron chi connectivity index (χ1n) is 5.30. The van der Waals surface area contributed by atoms with Gasteiger partial charge in [0.05, 0.1) is 15.6 Å². The smallest absolute Gasteiger partial charge is 0.0992 e. The molecule has 0 radical (unpaired) electrons. The molecule has 84 valence electrons. The van der Waals surface area contributed by atoms with Crippen LogP contribution in [0.15, 0.2) is 47.3 Å². The van der Waals surface area contributed by atoms with Crippen LogP contribution in [0, 0.1) is 0 Å². The minimum absolute atomic E-state index is 0.816. The van der Waals surface area contributed by atoms with Gasteiger partial charge in [-0.05, 0) is 23.6 Å². The number of hydrogen-bond acceptors (Lipinski definition) is 4. The standard InChI is InChI=1S/C13H10N2S2/c1-2-6-14-10(4-1)8-13-15-11(9-17-13)12-5-3-7-16-12/h1-7,9H,8H2. The number of aromatic nitrogens is 2.